The normalized spacial score (nSPS) is 10.0. The second kappa shape index (κ2) is 4.67. The van der Waals surface area contributed by atoms with Gasteiger partial charge in [0.05, 0.1) is 0 Å². The maximum absolute atomic E-state index is 11.9. The molecular weight excluding hydrogens is 234 g/mol. The van der Waals surface area contributed by atoms with Gasteiger partial charge in [0.2, 0.25) is 0 Å². The third-order valence-electron chi connectivity index (χ3n) is 2.35. The van der Waals surface area contributed by atoms with Crippen molar-refractivity contribution in [3.63, 3.8) is 0 Å². The summed E-state index contributed by atoms with van der Waals surface area (Å²) in [7, 11) is 0. The molecule has 0 saturated heterocycles. The summed E-state index contributed by atoms with van der Waals surface area (Å²) in [5.41, 5.74) is 0.156. The molecule has 0 bridgehead atoms. The Kier molecular flexibility index (Phi) is 3.05. The quantitative estimate of drug-likeness (QED) is 0.652. The molecule has 0 aliphatic carbocycles. The fraction of sp³-hybridized carbons (Fsp3) is 0. The van der Waals surface area contributed by atoms with Gasteiger partial charge in [-0.25, -0.2) is 0 Å². The standard InChI is InChI=1S/C13H11NO4/c15-9-4-1-3-8(7-9)14-13(18)12-10(16)5-2-6-11(12)17/h1-7,15-17H,(H,14,18). The molecule has 0 aliphatic rings. The molecule has 0 radical (unpaired) electrons. The number of phenolic OH excluding ortho intramolecular Hbond substituents is 3. The molecule has 5 nitrogen and oxygen atoms in total. The highest BCUT2D eigenvalue weighted by Crippen LogP contribution is 2.27. The number of phenols is 3. The van der Waals surface area contributed by atoms with E-state index in [0.717, 1.165) is 0 Å². The Morgan fingerprint density at radius 3 is 2.17 bits per heavy atom. The molecule has 4 N–H and O–H groups in total. The van der Waals surface area contributed by atoms with Gasteiger partial charge in [-0.2, -0.15) is 0 Å². The van der Waals surface area contributed by atoms with Gasteiger partial charge in [0.25, 0.3) is 5.91 Å². The first-order valence-electron chi connectivity index (χ1n) is 5.19. The van der Waals surface area contributed by atoms with E-state index in [0.29, 0.717) is 5.69 Å². The van der Waals surface area contributed by atoms with Gasteiger partial charge in [0.1, 0.15) is 22.8 Å². The highest BCUT2D eigenvalue weighted by molar-refractivity contribution is 6.08. The predicted molar refractivity (Wildman–Crippen MR) is 65.8 cm³/mol. The summed E-state index contributed by atoms with van der Waals surface area (Å²) in [5.74, 6) is -1.27. The van der Waals surface area contributed by atoms with E-state index in [2.05, 4.69) is 5.32 Å². The van der Waals surface area contributed by atoms with Crippen molar-refractivity contribution in [3.05, 3.63) is 48.0 Å². The van der Waals surface area contributed by atoms with Gasteiger partial charge in [-0.3, -0.25) is 4.79 Å². The summed E-state index contributed by atoms with van der Waals surface area (Å²) in [6.45, 7) is 0. The second-order valence-corrected chi connectivity index (χ2v) is 3.68. The van der Waals surface area contributed by atoms with Crippen LogP contribution in [0, 0.1) is 0 Å². The Hall–Kier alpha value is -2.69. The third-order valence-corrected chi connectivity index (χ3v) is 2.35. The first kappa shape index (κ1) is 11.8. The minimum atomic E-state index is -0.656. The first-order valence-corrected chi connectivity index (χ1v) is 5.19. The van der Waals surface area contributed by atoms with E-state index in [4.69, 9.17) is 0 Å². The topological polar surface area (TPSA) is 89.8 Å². The molecule has 2 aromatic rings. The van der Waals surface area contributed by atoms with Crippen LogP contribution in [0.15, 0.2) is 42.5 Å². The summed E-state index contributed by atoms with van der Waals surface area (Å²) in [5, 5.41) is 30.8. The highest BCUT2D eigenvalue weighted by Gasteiger charge is 2.16. The minimum Gasteiger partial charge on any atom is -0.508 e. The molecule has 0 atom stereocenters. The van der Waals surface area contributed by atoms with Crippen LogP contribution in [0.3, 0.4) is 0 Å². The number of hydrogen-bond donors (Lipinski definition) is 4. The molecule has 92 valence electrons. The van der Waals surface area contributed by atoms with Crippen LogP contribution in [0.2, 0.25) is 0 Å². The van der Waals surface area contributed by atoms with Crippen molar-refractivity contribution in [1.82, 2.24) is 0 Å². The van der Waals surface area contributed by atoms with Crippen LogP contribution in [0.5, 0.6) is 17.2 Å². The fourth-order valence-electron chi connectivity index (χ4n) is 1.54. The molecule has 2 aromatic carbocycles. The monoisotopic (exact) mass is 245 g/mol. The number of hydrogen-bond acceptors (Lipinski definition) is 4. The Balaban J connectivity index is 2.28. The Labute approximate surface area is 103 Å². The van der Waals surface area contributed by atoms with Gasteiger partial charge in [0.15, 0.2) is 0 Å². The van der Waals surface area contributed by atoms with Crippen molar-refractivity contribution in [2.24, 2.45) is 0 Å². The van der Waals surface area contributed by atoms with Gasteiger partial charge < -0.3 is 20.6 Å². The van der Waals surface area contributed by atoms with Gasteiger partial charge >= 0.3 is 0 Å². The fourth-order valence-corrected chi connectivity index (χ4v) is 1.54. The van der Waals surface area contributed by atoms with Gasteiger partial charge in [-0.05, 0) is 24.3 Å². The summed E-state index contributed by atoms with van der Waals surface area (Å²) in [4.78, 5) is 11.9. The number of rotatable bonds is 2. The zero-order chi connectivity index (χ0) is 13.1. The van der Waals surface area contributed by atoms with Crippen LogP contribution >= 0.6 is 0 Å². The van der Waals surface area contributed by atoms with Crippen LogP contribution in [-0.2, 0) is 0 Å². The van der Waals surface area contributed by atoms with Crippen LogP contribution < -0.4 is 5.32 Å². The molecular formula is C13H11NO4. The number of carbonyl (C=O) groups excluding carboxylic acids is 1. The number of anilines is 1. The average Bonchev–Trinajstić information content (AvgIpc) is 2.28. The molecule has 0 aromatic heterocycles. The zero-order valence-electron chi connectivity index (χ0n) is 9.29. The number of benzene rings is 2. The summed E-state index contributed by atoms with van der Waals surface area (Å²) >= 11 is 0. The Morgan fingerprint density at radius 1 is 0.944 bits per heavy atom. The van der Waals surface area contributed by atoms with Crippen molar-refractivity contribution in [1.29, 1.82) is 0 Å². The third kappa shape index (κ3) is 2.35. The van der Waals surface area contributed by atoms with E-state index in [1.54, 1.807) is 12.1 Å². The smallest absolute Gasteiger partial charge is 0.263 e. The number of amides is 1. The SMILES string of the molecule is O=C(Nc1cccc(O)c1)c1c(O)cccc1O. The molecule has 0 unspecified atom stereocenters. The molecule has 0 saturated carbocycles. The van der Waals surface area contributed by atoms with Crippen molar-refractivity contribution >= 4 is 11.6 Å². The summed E-state index contributed by atoms with van der Waals surface area (Å²) in [6.07, 6.45) is 0. The first-order chi connectivity index (χ1) is 8.58. The van der Waals surface area contributed by atoms with Crippen molar-refractivity contribution in [2.75, 3.05) is 5.32 Å². The molecule has 5 heteroatoms. The lowest BCUT2D eigenvalue weighted by molar-refractivity contribution is 0.102. The van der Waals surface area contributed by atoms with E-state index in [1.165, 1.54) is 30.3 Å². The Morgan fingerprint density at radius 2 is 1.56 bits per heavy atom. The van der Waals surface area contributed by atoms with E-state index in [-0.39, 0.29) is 22.8 Å². The molecule has 0 aliphatic heterocycles. The van der Waals surface area contributed by atoms with Crippen LogP contribution in [0.1, 0.15) is 10.4 Å². The van der Waals surface area contributed by atoms with Gasteiger partial charge in [-0.1, -0.05) is 12.1 Å². The maximum atomic E-state index is 11.9. The lowest BCUT2D eigenvalue weighted by atomic mass is 10.1. The second-order valence-electron chi connectivity index (χ2n) is 3.68. The minimum absolute atomic E-state index is 0.00862. The maximum Gasteiger partial charge on any atom is 0.263 e. The predicted octanol–water partition coefficient (Wildman–Crippen LogP) is 2.06. The molecule has 2 rings (SSSR count). The number of nitrogens with one attached hydrogen (secondary N) is 1. The lowest BCUT2D eigenvalue weighted by Gasteiger charge is -2.08. The van der Waals surface area contributed by atoms with E-state index in [1.807, 2.05) is 0 Å². The molecule has 0 heterocycles. The largest absolute Gasteiger partial charge is 0.508 e. The van der Waals surface area contributed by atoms with E-state index in [9.17, 15) is 20.1 Å². The molecule has 18 heavy (non-hydrogen) atoms. The zero-order valence-corrected chi connectivity index (χ0v) is 9.29. The summed E-state index contributed by atoms with van der Waals surface area (Å²) in [6, 6.07) is 10.00. The van der Waals surface area contributed by atoms with Gasteiger partial charge in [0, 0.05) is 11.8 Å². The number of aromatic hydroxyl groups is 3. The number of carbonyl (C=O) groups is 1. The van der Waals surface area contributed by atoms with E-state index >= 15 is 0 Å². The summed E-state index contributed by atoms with van der Waals surface area (Å²) < 4.78 is 0. The van der Waals surface area contributed by atoms with Crippen LogP contribution in [-0.4, -0.2) is 21.2 Å². The molecule has 1 amide bonds. The average molecular weight is 245 g/mol. The highest BCUT2D eigenvalue weighted by atomic mass is 16.3. The van der Waals surface area contributed by atoms with Gasteiger partial charge in [-0.15, -0.1) is 0 Å². The van der Waals surface area contributed by atoms with Crippen molar-refractivity contribution in [2.45, 2.75) is 0 Å². The molecule has 0 fully saturated rings. The van der Waals surface area contributed by atoms with Crippen LogP contribution in [0.4, 0.5) is 5.69 Å². The van der Waals surface area contributed by atoms with Crippen LogP contribution in [0.25, 0.3) is 0 Å². The van der Waals surface area contributed by atoms with Crippen molar-refractivity contribution in [3.8, 4) is 17.2 Å². The van der Waals surface area contributed by atoms with Crippen molar-refractivity contribution < 1.29 is 20.1 Å². The Bertz CT molecular complexity index is 575. The molecule has 0 spiro atoms. The van der Waals surface area contributed by atoms with E-state index < -0.39 is 5.91 Å². The lowest BCUT2D eigenvalue weighted by Crippen LogP contribution is -2.12.